The van der Waals surface area contributed by atoms with Crippen molar-refractivity contribution in [1.82, 2.24) is 4.90 Å². The standard InChI is InChI=1S/C17H27NO2/c1-14(2)20-17-9-5-4-8-16(17)19-12-11-18-10-6-7-15(3)13-18/h4-5,8-9,14-15H,6-7,10-13H2,1-3H3/t15-/m1/s1. The van der Waals surface area contributed by atoms with Crippen molar-refractivity contribution in [2.45, 2.75) is 39.7 Å². The third kappa shape index (κ3) is 4.71. The molecule has 112 valence electrons. The van der Waals surface area contributed by atoms with Gasteiger partial charge in [0.2, 0.25) is 0 Å². The summed E-state index contributed by atoms with van der Waals surface area (Å²) in [6, 6.07) is 7.93. The van der Waals surface area contributed by atoms with Crippen molar-refractivity contribution in [3.63, 3.8) is 0 Å². The van der Waals surface area contributed by atoms with Crippen molar-refractivity contribution in [2.24, 2.45) is 5.92 Å². The summed E-state index contributed by atoms with van der Waals surface area (Å²) in [5, 5.41) is 0. The number of rotatable bonds is 6. The minimum Gasteiger partial charge on any atom is -0.488 e. The molecular formula is C17H27NO2. The zero-order valence-electron chi connectivity index (χ0n) is 13.0. The van der Waals surface area contributed by atoms with E-state index in [0.717, 1.165) is 30.6 Å². The monoisotopic (exact) mass is 277 g/mol. The quantitative estimate of drug-likeness (QED) is 0.793. The first-order valence-corrected chi connectivity index (χ1v) is 7.76. The molecule has 0 N–H and O–H groups in total. The number of nitrogens with zero attached hydrogens (tertiary/aromatic N) is 1. The molecule has 3 nitrogen and oxygen atoms in total. The third-order valence-electron chi connectivity index (χ3n) is 3.62. The maximum Gasteiger partial charge on any atom is 0.161 e. The zero-order valence-corrected chi connectivity index (χ0v) is 13.0. The number of hydrogen-bond acceptors (Lipinski definition) is 3. The predicted octanol–water partition coefficient (Wildman–Crippen LogP) is 3.58. The Morgan fingerprint density at radius 3 is 2.70 bits per heavy atom. The van der Waals surface area contributed by atoms with Gasteiger partial charge in [-0.05, 0) is 51.3 Å². The van der Waals surface area contributed by atoms with Gasteiger partial charge in [0, 0.05) is 13.1 Å². The SMILES string of the molecule is CC(C)Oc1ccccc1OCCN1CCC[C@@H](C)C1. The largest absolute Gasteiger partial charge is 0.488 e. The van der Waals surface area contributed by atoms with Crippen LogP contribution in [0.25, 0.3) is 0 Å². The van der Waals surface area contributed by atoms with Crippen LogP contribution in [0.3, 0.4) is 0 Å². The molecule has 2 rings (SSSR count). The molecule has 0 amide bonds. The lowest BCUT2D eigenvalue weighted by Gasteiger charge is -2.30. The number of ether oxygens (including phenoxy) is 2. The predicted molar refractivity (Wildman–Crippen MR) is 82.5 cm³/mol. The molecule has 0 spiro atoms. The summed E-state index contributed by atoms with van der Waals surface area (Å²) in [5.74, 6) is 2.51. The van der Waals surface area contributed by atoms with Gasteiger partial charge < -0.3 is 9.47 Å². The zero-order chi connectivity index (χ0) is 14.4. The van der Waals surface area contributed by atoms with E-state index in [0.29, 0.717) is 0 Å². The number of piperidine rings is 1. The normalized spacial score (nSPS) is 20.1. The maximum absolute atomic E-state index is 5.91. The van der Waals surface area contributed by atoms with Crippen LogP contribution < -0.4 is 9.47 Å². The van der Waals surface area contributed by atoms with E-state index < -0.39 is 0 Å². The van der Waals surface area contributed by atoms with E-state index in [2.05, 4.69) is 11.8 Å². The first-order valence-electron chi connectivity index (χ1n) is 7.76. The molecule has 1 atom stereocenters. The van der Waals surface area contributed by atoms with Crippen LogP contribution in [-0.4, -0.2) is 37.2 Å². The number of para-hydroxylation sites is 2. The highest BCUT2D eigenvalue weighted by Gasteiger charge is 2.16. The van der Waals surface area contributed by atoms with Gasteiger partial charge in [-0.2, -0.15) is 0 Å². The molecule has 0 saturated carbocycles. The summed E-state index contributed by atoms with van der Waals surface area (Å²) >= 11 is 0. The van der Waals surface area contributed by atoms with Gasteiger partial charge in [-0.25, -0.2) is 0 Å². The van der Waals surface area contributed by atoms with Gasteiger partial charge in [-0.3, -0.25) is 4.90 Å². The molecule has 1 aliphatic heterocycles. The van der Waals surface area contributed by atoms with E-state index in [4.69, 9.17) is 9.47 Å². The molecule has 0 bridgehead atoms. The van der Waals surface area contributed by atoms with Crippen molar-refractivity contribution >= 4 is 0 Å². The van der Waals surface area contributed by atoms with Crippen LogP contribution >= 0.6 is 0 Å². The Morgan fingerprint density at radius 2 is 2.00 bits per heavy atom. The van der Waals surface area contributed by atoms with E-state index >= 15 is 0 Å². The van der Waals surface area contributed by atoms with Crippen LogP contribution in [0.1, 0.15) is 33.6 Å². The number of likely N-dealkylation sites (tertiary alicyclic amines) is 1. The lowest BCUT2D eigenvalue weighted by atomic mass is 10.0. The van der Waals surface area contributed by atoms with Gasteiger partial charge in [0.05, 0.1) is 6.10 Å². The fraction of sp³-hybridized carbons (Fsp3) is 0.647. The highest BCUT2D eigenvalue weighted by molar-refractivity contribution is 5.39. The Morgan fingerprint density at radius 1 is 1.25 bits per heavy atom. The summed E-state index contributed by atoms with van der Waals surface area (Å²) in [6.45, 7) is 10.5. The Kier molecular flexibility index (Phi) is 5.72. The molecule has 20 heavy (non-hydrogen) atoms. The smallest absolute Gasteiger partial charge is 0.161 e. The first-order chi connectivity index (χ1) is 9.65. The van der Waals surface area contributed by atoms with Crippen molar-refractivity contribution in [3.05, 3.63) is 24.3 Å². The summed E-state index contributed by atoms with van der Waals surface area (Å²) in [5.41, 5.74) is 0. The topological polar surface area (TPSA) is 21.7 Å². The highest BCUT2D eigenvalue weighted by atomic mass is 16.5. The van der Waals surface area contributed by atoms with Crippen LogP contribution in [0.15, 0.2) is 24.3 Å². The van der Waals surface area contributed by atoms with Crippen molar-refractivity contribution in [1.29, 1.82) is 0 Å². The second-order valence-corrected chi connectivity index (χ2v) is 6.01. The Balaban J connectivity index is 1.81. The molecule has 3 heteroatoms. The van der Waals surface area contributed by atoms with Gasteiger partial charge in [-0.1, -0.05) is 19.1 Å². The average molecular weight is 277 g/mol. The van der Waals surface area contributed by atoms with Gasteiger partial charge in [-0.15, -0.1) is 0 Å². The first kappa shape index (κ1) is 15.2. The fourth-order valence-electron chi connectivity index (χ4n) is 2.70. The second-order valence-electron chi connectivity index (χ2n) is 6.01. The molecule has 0 unspecified atom stereocenters. The maximum atomic E-state index is 5.91. The summed E-state index contributed by atoms with van der Waals surface area (Å²) in [7, 11) is 0. The lowest BCUT2D eigenvalue weighted by molar-refractivity contribution is 0.149. The average Bonchev–Trinajstić information content (AvgIpc) is 2.40. The Bertz CT molecular complexity index is 406. The van der Waals surface area contributed by atoms with Gasteiger partial charge >= 0.3 is 0 Å². The molecule has 1 aliphatic rings. The summed E-state index contributed by atoms with van der Waals surface area (Å²) in [6.07, 6.45) is 2.85. The van der Waals surface area contributed by atoms with Crippen LogP contribution in [-0.2, 0) is 0 Å². The Hall–Kier alpha value is -1.22. The lowest BCUT2D eigenvalue weighted by Crippen LogP contribution is -2.37. The number of hydrogen-bond donors (Lipinski definition) is 0. The van der Waals surface area contributed by atoms with Gasteiger partial charge in [0.25, 0.3) is 0 Å². The van der Waals surface area contributed by atoms with E-state index in [-0.39, 0.29) is 6.10 Å². The third-order valence-corrected chi connectivity index (χ3v) is 3.62. The van der Waals surface area contributed by atoms with E-state index in [1.807, 2.05) is 38.1 Å². The minimum atomic E-state index is 0.169. The van der Waals surface area contributed by atoms with Crippen LogP contribution in [0.5, 0.6) is 11.5 Å². The van der Waals surface area contributed by atoms with Crippen molar-refractivity contribution in [3.8, 4) is 11.5 Å². The minimum absolute atomic E-state index is 0.169. The van der Waals surface area contributed by atoms with Gasteiger partial charge in [0.15, 0.2) is 11.5 Å². The fourth-order valence-corrected chi connectivity index (χ4v) is 2.70. The van der Waals surface area contributed by atoms with Crippen LogP contribution in [0, 0.1) is 5.92 Å². The number of benzene rings is 1. The molecule has 1 aromatic rings. The molecule has 1 saturated heterocycles. The van der Waals surface area contributed by atoms with Crippen molar-refractivity contribution in [2.75, 3.05) is 26.2 Å². The van der Waals surface area contributed by atoms with Crippen molar-refractivity contribution < 1.29 is 9.47 Å². The molecule has 0 aliphatic carbocycles. The summed E-state index contributed by atoms with van der Waals surface area (Å²) < 4.78 is 11.7. The van der Waals surface area contributed by atoms with E-state index in [1.165, 1.54) is 25.9 Å². The second kappa shape index (κ2) is 7.53. The van der Waals surface area contributed by atoms with E-state index in [1.54, 1.807) is 0 Å². The Labute approximate surface area is 122 Å². The molecule has 0 aromatic heterocycles. The molecular weight excluding hydrogens is 250 g/mol. The van der Waals surface area contributed by atoms with Crippen LogP contribution in [0.2, 0.25) is 0 Å². The molecule has 0 radical (unpaired) electrons. The van der Waals surface area contributed by atoms with Crippen LogP contribution in [0.4, 0.5) is 0 Å². The van der Waals surface area contributed by atoms with Gasteiger partial charge in [0.1, 0.15) is 6.61 Å². The highest BCUT2D eigenvalue weighted by Crippen LogP contribution is 2.27. The molecule has 1 aromatic carbocycles. The van der Waals surface area contributed by atoms with E-state index in [9.17, 15) is 0 Å². The molecule has 1 fully saturated rings. The summed E-state index contributed by atoms with van der Waals surface area (Å²) in [4.78, 5) is 2.50. The molecule has 1 heterocycles.